The van der Waals surface area contributed by atoms with Crippen LogP contribution in [0, 0.1) is 11.3 Å². The highest BCUT2D eigenvalue weighted by atomic mass is 16.5. The molecule has 5 rings (SSSR count). The molecule has 1 aliphatic carbocycles. The first kappa shape index (κ1) is 19.3. The number of H-pyrrole nitrogens is 1. The highest BCUT2D eigenvalue weighted by Gasteiger charge is 2.32. The topological polar surface area (TPSA) is 74.0 Å². The Morgan fingerprint density at radius 2 is 2.00 bits per heavy atom. The Balaban J connectivity index is 1.28. The number of ether oxygens (including phenoxy) is 1. The third kappa shape index (κ3) is 3.64. The van der Waals surface area contributed by atoms with Crippen LogP contribution >= 0.6 is 0 Å². The fraction of sp³-hybridized carbons (Fsp3) is 0.500. The van der Waals surface area contributed by atoms with Crippen LogP contribution in [0.15, 0.2) is 46.8 Å². The monoisotopic (exact) mass is 404 g/mol. The van der Waals surface area contributed by atoms with Crippen LogP contribution in [-0.4, -0.2) is 46.3 Å². The van der Waals surface area contributed by atoms with Gasteiger partial charge >= 0.3 is 5.69 Å². The Bertz CT molecular complexity index is 1080. The van der Waals surface area contributed by atoms with E-state index in [4.69, 9.17) is 4.74 Å². The van der Waals surface area contributed by atoms with Crippen molar-refractivity contribution in [1.82, 2.24) is 14.5 Å². The van der Waals surface area contributed by atoms with Gasteiger partial charge in [0.05, 0.1) is 28.8 Å². The van der Waals surface area contributed by atoms with Crippen LogP contribution in [0.2, 0.25) is 0 Å². The number of nitrogens with one attached hydrogen (secondary N) is 1. The summed E-state index contributed by atoms with van der Waals surface area (Å²) in [4.78, 5) is 18.2. The van der Waals surface area contributed by atoms with Crippen molar-refractivity contribution < 1.29 is 4.74 Å². The molecule has 0 amide bonds. The number of hydrogen-bond donors (Lipinski definition) is 1. The summed E-state index contributed by atoms with van der Waals surface area (Å²) in [5, 5.41) is 9.23. The van der Waals surface area contributed by atoms with E-state index < -0.39 is 0 Å². The predicted molar refractivity (Wildman–Crippen MR) is 116 cm³/mol. The maximum absolute atomic E-state index is 12.6. The Hall–Kier alpha value is -2.62. The number of aromatic amines is 1. The van der Waals surface area contributed by atoms with Crippen molar-refractivity contribution in [2.45, 2.75) is 56.7 Å². The van der Waals surface area contributed by atoms with Crippen molar-refractivity contribution in [2.75, 3.05) is 19.7 Å². The van der Waals surface area contributed by atoms with Crippen molar-refractivity contribution in [2.24, 2.45) is 0 Å². The van der Waals surface area contributed by atoms with E-state index in [2.05, 4.69) is 34.2 Å². The van der Waals surface area contributed by atoms with Gasteiger partial charge in [-0.15, -0.1) is 0 Å². The molecule has 6 nitrogen and oxygen atoms in total. The lowest BCUT2D eigenvalue weighted by Crippen LogP contribution is -2.47. The average molecular weight is 405 g/mol. The first-order chi connectivity index (χ1) is 14.7. The Labute approximate surface area is 176 Å². The van der Waals surface area contributed by atoms with Crippen LogP contribution in [-0.2, 0) is 4.74 Å². The van der Waals surface area contributed by atoms with E-state index in [9.17, 15) is 10.1 Å². The molecule has 0 radical (unpaired) electrons. The van der Waals surface area contributed by atoms with E-state index >= 15 is 0 Å². The molecular formula is C24H28N4O2. The Kier molecular flexibility index (Phi) is 5.32. The second-order valence-corrected chi connectivity index (χ2v) is 8.63. The molecule has 156 valence electrons. The van der Waals surface area contributed by atoms with Gasteiger partial charge in [-0.25, -0.2) is 4.79 Å². The molecule has 0 spiro atoms. The molecule has 3 heterocycles. The van der Waals surface area contributed by atoms with Crippen molar-refractivity contribution in [1.29, 1.82) is 5.26 Å². The summed E-state index contributed by atoms with van der Waals surface area (Å²) >= 11 is 0. The minimum Gasteiger partial charge on any atom is -0.373 e. The second-order valence-electron chi connectivity index (χ2n) is 8.63. The van der Waals surface area contributed by atoms with E-state index in [-0.39, 0.29) is 17.8 Å². The highest BCUT2D eigenvalue weighted by Crippen LogP contribution is 2.31. The highest BCUT2D eigenvalue weighted by molar-refractivity contribution is 5.77. The fourth-order valence-corrected chi connectivity index (χ4v) is 5.28. The molecule has 30 heavy (non-hydrogen) atoms. The van der Waals surface area contributed by atoms with Gasteiger partial charge in [-0.3, -0.25) is 4.57 Å². The van der Waals surface area contributed by atoms with Crippen molar-refractivity contribution in [3.05, 3.63) is 58.0 Å². The van der Waals surface area contributed by atoms with Gasteiger partial charge in [0.1, 0.15) is 0 Å². The number of nitrogens with zero attached hydrogens (tertiary/aromatic N) is 3. The lowest BCUT2D eigenvalue weighted by molar-refractivity contribution is -0.0150. The molecule has 2 atom stereocenters. The zero-order valence-electron chi connectivity index (χ0n) is 17.2. The van der Waals surface area contributed by atoms with Gasteiger partial charge in [-0.05, 0) is 62.3 Å². The number of aromatic nitrogens is 2. The van der Waals surface area contributed by atoms with Gasteiger partial charge in [0.2, 0.25) is 0 Å². The summed E-state index contributed by atoms with van der Waals surface area (Å²) in [6.45, 7) is 2.81. The minimum atomic E-state index is -0.0688. The van der Waals surface area contributed by atoms with Crippen molar-refractivity contribution in [3.63, 3.8) is 0 Å². The number of rotatable bonds is 3. The van der Waals surface area contributed by atoms with E-state index in [1.807, 2.05) is 16.7 Å². The molecule has 0 bridgehead atoms. The van der Waals surface area contributed by atoms with Gasteiger partial charge in [0, 0.05) is 31.8 Å². The number of fused-ring (bicyclic) bond motifs is 1. The molecular weight excluding hydrogens is 376 g/mol. The molecule has 2 saturated heterocycles. The quantitative estimate of drug-likeness (QED) is 0.847. The Morgan fingerprint density at radius 3 is 2.77 bits per heavy atom. The summed E-state index contributed by atoms with van der Waals surface area (Å²) in [7, 11) is 0. The molecule has 3 aliphatic rings. The fourth-order valence-electron chi connectivity index (χ4n) is 5.28. The van der Waals surface area contributed by atoms with Gasteiger partial charge < -0.3 is 14.6 Å². The number of benzene rings is 1. The van der Waals surface area contributed by atoms with E-state index in [0.29, 0.717) is 11.6 Å². The van der Waals surface area contributed by atoms with Gasteiger partial charge in [0.15, 0.2) is 0 Å². The lowest BCUT2D eigenvalue weighted by Gasteiger charge is -2.41. The lowest BCUT2D eigenvalue weighted by atomic mass is 9.91. The molecule has 1 aromatic carbocycles. The van der Waals surface area contributed by atoms with Gasteiger partial charge in [-0.2, -0.15) is 5.26 Å². The summed E-state index contributed by atoms with van der Waals surface area (Å²) in [6, 6.07) is 8.32. The summed E-state index contributed by atoms with van der Waals surface area (Å²) in [6.07, 6.45) is 13.3. The Morgan fingerprint density at radius 1 is 1.13 bits per heavy atom. The molecule has 2 fully saturated rings. The van der Waals surface area contributed by atoms with Crippen LogP contribution in [0.25, 0.3) is 11.0 Å². The average Bonchev–Trinajstić information content (AvgIpc) is 3.14. The summed E-state index contributed by atoms with van der Waals surface area (Å²) in [5.74, 6) is 0. The smallest absolute Gasteiger partial charge is 0.326 e. The van der Waals surface area contributed by atoms with Crippen LogP contribution < -0.4 is 5.69 Å². The largest absolute Gasteiger partial charge is 0.373 e. The van der Waals surface area contributed by atoms with Crippen LogP contribution in [0.5, 0.6) is 0 Å². The second kappa shape index (κ2) is 8.25. The maximum atomic E-state index is 12.6. The normalized spacial score (nSPS) is 25.9. The number of piperidine rings is 1. The molecule has 1 N–H and O–H groups in total. The number of nitriles is 1. The minimum absolute atomic E-state index is 0.0688. The molecule has 2 aromatic rings. The third-order valence-electron chi connectivity index (χ3n) is 6.88. The first-order valence-electron chi connectivity index (χ1n) is 11.1. The molecule has 2 aliphatic heterocycles. The third-order valence-corrected chi connectivity index (χ3v) is 6.88. The van der Waals surface area contributed by atoms with E-state index in [1.165, 1.54) is 5.57 Å². The molecule has 6 heteroatoms. The molecule has 0 saturated carbocycles. The standard InChI is InChI=1S/C24H28N4O2/c25-16-17-6-7-21-22(14-17)28(24(29)26-21)19-8-11-27(12-9-19)20-10-13-30-23(15-20)18-4-2-1-3-5-18/h2,4-7,14,19-20,23H,1,3,8-13,15H2,(H,26,29). The van der Waals surface area contributed by atoms with Crippen molar-refractivity contribution >= 4 is 11.0 Å². The van der Waals surface area contributed by atoms with Crippen LogP contribution in [0.3, 0.4) is 0 Å². The van der Waals surface area contributed by atoms with Crippen molar-refractivity contribution in [3.8, 4) is 6.07 Å². The van der Waals surface area contributed by atoms with E-state index in [1.54, 1.807) is 6.07 Å². The number of imidazole rings is 1. The zero-order valence-corrected chi connectivity index (χ0v) is 17.2. The zero-order chi connectivity index (χ0) is 20.5. The predicted octanol–water partition coefficient (Wildman–Crippen LogP) is 3.66. The summed E-state index contributed by atoms with van der Waals surface area (Å²) in [5.41, 5.74) is 3.52. The summed E-state index contributed by atoms with van der Waals surface area (Å²) < 4.78 is 7.96. The molecule has 2 unspecified atom stereocenters. The SMILES string of the molecule is N#Cc1ccc2[nH]c(=O)n(C3CCN(C4CCOC(C5=CCCC=C5)C4)CC3)c2c1. The molecule has 1 aromatic heterocycles. The number of allylic oxidation sites excluding steroid dienone is 2. The number of hydrogen-bond acceptors (Lipinski definition) is 4. The van der Waals surface area contributed by atoms with Crippen LogP contribution in [0.4, 0.5) is 0 Å². The number of likely N-dealkylation sites (tertiary alicyclic amines) is 1. The van der Waals surface area contributed by atoms with Crippen LogP contribution in [0.1, 0.15) is 50.1 Å². The first-order valence-corrected chi connectivity index (χ1v) is 11.1. The van der Waals surface area contributed by atoms with E-state index in [0.717, 1.165) is 69.3 Å². The van der Waals surface area contributed by atoms with Gasteiger partial charge in [-0.1, -0.05) is 18.2 Å². The maximum Gasteiger partial charge on any atom is 0.326 e. The van der Waals surface area contributed by atoms with Gasteiger partial charge in [0.25, 0.3) is 0 Å².